The molecule has 0 saturated carbocycles. The molecule has 4 N–H and O–H groups in total. The highest BCUT2D eigenvalue weighted by Crippen LogP contribution is 2.35. The molecule has 0 fully saturated rings. The Morgan fingerprint density at radius 1 is 1.14 bits per heavy atom. The smallest absolute Gasteiger partial charge is 0.365 e. The maximum Gasteiger partial charge on any atom is 0.421 e. The molecule has 0 unspecified atom stereocenters. The fourth-order valence-corrected chi connectivity index (χ4v) is 4.15. The Morgan fingerprint density at radius 3 is 2.63 bits per heavy atom. The van der Waals surface area contributed by atoms with Crippen molar-refractivity contribution in [1.82, 2.24) is 9.97 Å². The molecule has 0 atom stereocenters. The summed E-state index contributed by atoms with van der Waals surface area (Å²) in [6, 6.07) is 9.93. The standard InChI is InChI=1S/C22H21F3N6O3S/c1-12-3-6-17(31-35(2,33)34)14(7-12)10-26-20-16(22(23,24)25)11-27-21(30-20)28-15-5-4-13-8-19(32)29-18(13)9-15/h3-7,9,11,31H,8,10H2,1-2H3,(H,29,32)(H2,26,27,28,30). The second kappa shape index (κ2) is 9.06. The summed E-state index contributed by atoms with van der Waals surface area (Å²) in [7, 11) is -3.60. The largest absolute Gasteiger partial charge is 0.421 e. The molecule has 0 spiro atoms. The maximum absolute atomic E-state index is 13.6. The van der Waals surface area contributed by atoms with Gasteiger partial charge in [0.1, 0.15) is 11.4 Å². The molecule has 0 aliphatic carbocycles. The van der Waals surface area contributed by atoms with Gasteiger partial charge >= 0.3 is 6.18 Å². The number of amides is 1. The quantitative estimate of drug-likeness (QED) is 0.381. The predicted octanol–water partition coefficient (Wildman–Crippen LogP) is 4.03. The van der Waals surface area contributed by atoms with Crippen LogP contribution in [0.3, 0.4) is 0 Å². The third-order valence-electron chi connectivity index (χ3n) is 5.09. The average Bonchev–Trinajstić information content (AvgIpc) is 3.11. The first kappa shape index (κ1) is 24.3. The Bertz CT molecular complexity index is 1410. The van der Waals surface area contributed by atoms with Crippen molar-refractivity contribution in [3.63, 3.8) is 0 Å². The number of sulfonamides is 1. The van der Waals surface area contributed by atoms with Crippen LogP contribution >= 0.6 is 0 Å². The molecule has 0 radical (unpaired) electrons. The number of hydrogen-bond donors (Lipinski definition) is 4. The number of rotatable bonds is 7. The summed E-state index contributed by atoms with van der Waals surface area (Å²) in [6.07, 6.45) is -2.81. The molecule has 2 heterocycles. The Morgan fingerprint density at radius 2 is 1.91 bits per heavy atom. The molecule has 9 nitrogen and oxygen atoms in total. The summed E-state index contributed by atoms with van der Waals surface area (Å²) in [5.74, 6) is -0.713. The Labute approximate surface area is 199 Å². The minimum atomic E-state index is -4.72. The number of fused-ring (bicyclic) bond motifs is 1. The number of hydrogen-bond acceptors (Lipinski definition) is 7. The summed E-state index contributed by atoms with van der Waals surface area (Å²) in [6.45, 7) is 1.64. The number of anilines is 5. The van der Waals surface area contributed by atoms with Crippen LogP contribution in [0.15, 0.2) is 42.6 Å². The zero-order valence-corrected chi connectivity index (χ0v) is 19.4. The fraction of sp³-hybridized carbons (Fsp3) is 0.227. The molecular formula is C22H21F3N6O3S. The number of nitrogens with zero attached hydrogens (tertiary/aromatic N) is 2. The average molecular weight is 507 g/mol. The normalized spacial score (nSPS) is 13.2. The van der Waals surface area contributed by atoms with Gasteiger partial charge in [-0.3, -0.25) is 9.52 Å². The van der Waals surface area contributed by atoms with Crippen molar-refractivity contribution in [3.05, 3.63) is 64.8 Å². The lowest BCUT2D eigenvalue weighted by atomic mass is 10.1. The lowest BCUT2D eigenvalue weighted by molar-refractivity contribution is -0.137. The minimum absolute atomic E-state index is 0.0940. The van der Waals surface area contributed by atoms with E-state index in [0.717, 1.165) is 17.4 Å². The van der Waals surface area contributed by atoms with Crippen molar-refractivity contribution in [3.8, 4) is 0 Å². The molecule has 1 amide bonds. The number of carbonyl (C=O) groups excluding carboxylic acids is 1. The van der Waals surface area contributed by atoms with Crippen molar-refractivity contribution in [1.29, 1.82) is 0 Å². The molecule has 0 saturated heterocycles. The summed E-state index contributed by atoms with van der Waals surface area (Å²) in [4.78, 5) is 19.3. The molecule has 4 rings (SSSR count). The highest BCUT2D eigenvalue weighted by Gasteiger charge is 2.35. The summed E-state index contributed by atoms with van der Waals surface area (Å²) < 4.78 is 66.5. The van der Waals surface area contributed by atoms with Crippen LogP contribution < -0.4 is 20.7 Å². The molecular weight excluding hydrogens is 485 g/mol. The van der Waals surface area contributed by atoms with E-state index in [1.807, 2.05) is 0 Å². The summed E-state index contributed by atoms with van der Waals surface area (Å²) in [5, 5.41) is 8.20. The van der Waals surface area contributed by atoms with Gasteiger partial charge in [-0.05, 0) is 36.2 Å². The second-order valence-corrected chi connectivity index (χ2v) is 9.81. The van der Waals surface area contributed by atoms with Crippen LogP contribution in [0.25, 0.3) is 0 Å². The number of alkyl halides is 3. The minimum Gasteiger partial charge on any atom is -0.365 e. The van der Waals surface area contributed by atoms with Crippen LogP contribution in [-0.2, 0) is 34.0 Å². The van der Waals surface area contributed by atoms with Crippen LogP contribution in [0.1, 0.15) is 22.3 Å². The first-order chi connectivity index (χ1) is 16.4. The van der Waals surface area contributed by atoms with E-state index in [0.29, 0.717) is 23.1 Å². The molecule has 0 bridgehead atoms. The van der Waals surface area contributed by atoms with Gasteiger partial charge in [0, 0.05) is 24.1 Å². The van der Waals surface area contributed by atoms with Crippen molar-refractivity contribution in [2.24, 2.45) is 0 Å². The molecule has 35 heavy (non-hydrogen) atoms. The number of halogens is 3. The molecule has 1 aromatic heterocycles. The van der Waals surface area contributed by atoms with E-state index in [1.165, 1.54) is 6.07 Å². The van der Waals surface area contributed by atoms with E-state index in [9.17, 15) is 26.4 Å². The highest BCUT2D eigenvalue weighted by atomic mass is 32.2. The van der Waals surface area contributed by atoms with Crippen molar-refractivity contribution >= 4 is 44.8 Å². The van der Waals surface area contributed by atoms with Crippen molar-refractivity contribution in [2.45, 2.75) is 26.1 Å². The van der Waals surface area contributed by atoms with E-state index in [-0.39, 0.29) is 30.5 Å². The third kappa shape index (κ3) is 5.98. The van der Waals surface area contributed by atoms with Gasteiger partial charge in [-0.25, -0.2) is 13.4 Å². The van der Waals surface area contributed by atoms with Crippen molar-refractivity contribution < 1.29 is 26.4 Å². The highest BCUT2D eigenvalue weighted by molar-refractivity contribution is 7.92. The second-order valence-electron chi connectivity index (χ2n) is 8.06. The van der Waals surface area contributed by atoms with Crippen LogP contribution in [0, 0.1) is 6.92 Å². The number of benzene rings is 2. The number of aromatic nitrogens is 2. The first-order valence-corrected chi connectivity index (χ1v) is 12.2. The zero-order valence-electron chi connectivity index (χ0n) is 18.6. The molecule has 3 aromatic rings. The van der Waals surface area contributed by atoms with E-state index >= 15 is 0 Å². The lowest BCUT2D eigenvalue weighted by Crippen LogP contribution is -2.16. The number of aryl methyl sites for hydroxylation is 1. The summed E-state index contributed by atoms with van der Waals surface area (Å²) >= 11 is 0. The van der Waals surface area contributed by atoms with E-state index < -0.39 is 27.6 Å². The Balaban J connectivity index is 1.61. The SMILES string of the molecule is Cc1ccc(NS(C)(=O)=O)c(CNc2nc(Nc3ccc4c(c3)NC(=O)C4)ncc2C(F)(F)F)c1. The predicted molar refractivity (Wildman–Crippen MR) is 126 cm³/mol. The monoisotopic (exact) mass is 506 g/mol. The van der Waals surface area contributed by atoms with Gasteiger partial charge in [-0.15, -0.1) is 0 Å². The van der Waals surface area contributed by atoms with E-state index in [2.05, 4.69) is 30.6 Å². The molecule has 1 aliphatic heterocycles. The van der Waals surface area contributed by atoms with Gasteiger partial charge in [0.15, 0.2) is 0 Å². The number of nitrogens with one attached hydrogen (secondary N) is 4. The lowest BCUT2D eigenvalue weighted by Gasteiger charge is -2.17. The van der Waals surface area contributed by atoms with Gasteiger partial charge in [0.25, 0.3) is 0 Å². The maximum atomic E-state index is 13.6. The molecule has 2 aromatic carbocycles. The van der Waals surface area contributed by atoms with Crippen LogP contribution in [0.4, 0.5) is 42.0 Å². The molecule has 184 valence electrons. The third-order valence-corrected chi connectivity index (χ3v) is 5.68. The van der Waals surface area contributed by atoms with Gasteiger partial charge in [-0.1, -0.05) is 23.8 Å². The Hall–Kier alpha value is -3.87. The van der Waals surface area contributed by atoms with Gasteiger partial charge in [0.2, 0.25) is 21.9 Å². The van der Waals surface area contributed by atoms with Crippen LogP contribution in [0.2, 0.25) is 0 Å². The van der Waals surface area contributed by atoms with Gasteiger partial charge < -0.3 is 16.0 Å². The first-order valence-electron chi connectivity index (χ1n) is 10.3. The van der Waals surface area contributed by atoms with Gasteiger partial charge in [0.05, 0.1) is 18.4 Å². The van der Waals surface area contributed by atoms with Crippen LogP contribution in [-0.4, -0.2) is 30.5 Å². The number of carbonyl (C=O) groups is 1. The van der Waals surface area contributed by atoms with Crippen LogP contribution in [0.5, 0.6) is 0 Å². The topological polar surface area (TPSA) is 125 Å². The molecule has 13 heteroatoms. The van der Waals surface area contributed by atoms with Crippen molar-refractivity contribution in [2.75, 3.05) is 26.9 Å². The van der Waals surface area contributed by atoms with E-state index in [1.54, 1.807) is 37.3 Å². The van der Waals surface area contributed by atoms with E-state index in [4.69, 9.17) is 0 Å². The Kier molecular flexibility index (Phi) is 6.28. The zero-order chi connectivity index (χ0) is 25.4. The molecule has 1 aliphatic rings. The fourth-order valence-electron chi connectivity index (χ4n) is 3.55. The van der Waals surface area contributed by atoms with Gasteiger partial charge in [-0.2, -0.15) is 18.2 Å². The summed E-state index contributed by atoms with van der Waals surface area (Å²) in [5.41, 5.74) is 2.30.